The number of aliphatic carboxylic acids is 1. The lowest BCUT2D eigenvalue weighted by atomic mass is 10.0. The Morgan fingerprint density at radius 2 is 1.88 bits per heavy atom. The number of hydrogen-bond acceptors (Lipinski definition) is 2. The Balaban J connectivity index is 4.20. The van der Waals surface area contributed by atoms with Gasteiger partial charge in [-0.3, -0.25) is 9.59 Å². The summed E-state index contributed by atoms with van der Waals surface area (Å²) in [5.74, 6) is -0.638. The van der Waals surface area contributed by atoms with Crippen LogP contribution < -0.4 is 0 Å². The molecular weight excluding hydrogens is 206 g/mol. The third-order valence-electron chi connectivity index (χ3n) is 2.48. The predicted octanol–water partition coefficient (Wildman–Crippen LogP) is 2.14. The summed E-state index contributed by atoms with van der Waals surface area (Å²) in [6.07, 6.45) is 3.32. The maximum Gasteiger partial charge on any atom is 0.323 e. The van der Waals surface area contributed by atoms with Crippen LogP contribution in [0.1, 0.15) is 46.5 Å². The molecule has 1 amide bonds. The maximum absolute atomic E-state index is 11.8. The lowest BCUT2D eigenvalue weighted by Crippen LogP contribution is -2.36. The average Bonchev–Trinajstić information content (AvgIpc) is 2.16. The number of carbonyl (C=O) groups is 2. The molecule has 0 aromatic carbocycles. The molecule has 0 spiro atoms. The Morgan fingerprint density at radius 3 is 2.31 bits per heavy atom. The summed E-state index contributed by atoms with van der Waals surface area (Å²) in [4.78, 5) is 23.9. The second-order valence-electron chi connectivity index (χ2n) is 4.31. The maximum atomic E-state index is 11.8. The van der Waals surface area contributed by atoms with Gasteiger partial charge in [0.25, 0.3) is 0 Å². The molecule has 0 aliphatic carbocycles. The zero-order chi connectivity index (χ0) is 12.6. The van der Waals surface area contributed by atoms with E-state index in [1.165, 1.54) is 4.90 Å². The predicted molar refractivity (Wildman–Crippen MR) is 63.2 cm³/mol. The van der Waals surface area contributed by atoms with Crippen LogP contribution >= 0.6 is 0 Å². The monoisotopic (exact) mass is 229 g/mol. The van der Waals surface area contributed by atoms with Crippen molar-refractivity contribution in [2.75, 3.05) is 13.1 Å². The second kappa shape index (κ2) is 8.13. The standard InChI is InChI=1S/C12H23NO3/c1-4-6-10(3)8-11(14)13(7-5-2)9-12(15)16/h10H,4-9H2,1-3H3,(H,15,16). The molecule has 0 aromatic rings. The SMILES string of the molecule is CCCC(C)CC(=O)N(CCC)CC(=O)O. The summed E-state index contributed by atoms with van der Waals surface area (Å²) >= 11 is 0. The van der Waals surface area contributed by atoms with Crippen LogP contribution in [-0.2, 0) is 9.59 Å². The number of rotatable bonds is 8. The summed E-state index contributed by atoms with van der Waals surface area (Å²) in [5.41, 5.74) is 0. The van der Waals surface area contributed by atoms with Gasteiger partial charge in [0.15, 0.2) is 0 Å². The minimum Gasteiger partial charge on any atom is -0.480 e. The molecule has 1 N–H and O–H groups in total. The quantitative estimate of drug-likeness (QED) is 0.693. The van der Waals surface area contributed by atoms with Crippen molar-refractivity contribution in [3.63, 3.8) is 0 Å². The lowest BCUT2D eigenvalue weighted by molar-refractivity contribution is -0.144. The number of nitrogens with zero attached hydrogens (tertiary/aromatic N) is 1. The molecule has 0 rings (SSSR count). The van der Waals surface area contributed by atoms with Crippen LogP contribution in [0.15, 0.2) is 0 Å². The summed E-state index contributed by atoms with van der Waals surface area (Å²) in [7, 11) is 0. The highest BCUT2D eigenvalue weighted by molar-refractivity contribution is 5.81. The van der Waals surface area contributed by atoms with Crippen molar-refractivity contribution in [2.24, 2.45) is 5.92 Å². The van der Waals surface area contributed by atoms with Crippen LogP contribution in [-0.4, -0.2) is 35.0 Å². The van der Waals surface area contributed by atoms with Crippen LogP contribution in [0.4, 0.5) is 0 Å². The number of carbonyl (C=O) groups excluding carboxylic acids is 1. The van der Waals surface area contributed by atoms with Gasteiger partial charge in [-0.25, -0.2) is 0 Å². The molecular formula is C12H23NO3. The molecule has 0 radical (unpaired) electrons. The van der Waals surface area contributed by atoms with Crippen molar-refractivity contribution in [3.8, 4) is 0 Å². The average molecular weight is 229 g/mol. The molecule has 0 saturated carbocycles. The topological polar surface area (TPSA) is 57.6 Å². The van der Waals surface area contributed by atoms with E-state index in [-0.39, 0.29) is 12.5 Å². The van der Waals surface area contributed by atoms with Crippen LogP contribution in [0.3, 0.4) is 0 Å². The fraction of sp³-hybridized carbons (Fsp3) is 0.833. The molecule has 4 heteroatoms. The first-order chi connectivity index (χ1) is 7.51. The van der Waals surface area contributed by atoms with Gasteiger partial charge in [0.05, 0.1) is 0 Å². The van der Waals surface area contributed by atoms with Gasteiger partial charge < -0.3 is 10.0 Å². The van der Waals surface area contributed by atoms with E-state index >= 15 is 0 Å². The Morgan fingerprint density at radius 1 is 1.25 bits per heavy atom. The van der Waals surface area contributed by atoms with Gasteiger partial charge in [-0.1, -0.05) is 33.6 Å². The molecule has 4 nitrogen and oxygen atoms in total. The molecule has 0 heterocycles. The van der Waals surface area contributed by atoms with Crippen LogP contribution in [0.5, 0.6) is 0 Å². The summed E-state index contributed by atoms with van der Waals surface area (Å²) in [6, 6.07) is 0. The van der Waals surface area contributed by atoms with Gasteiger partial charge >= 0.3 is 5.97 Å². The summed E-state index contributed by atoms with van der Waals surface area (Å²) in [6.45, 7) is 6.42. The van der Waals surface area contributed by atoms with Crippen molar-refractivity contribution >= 4 is 11.9 Å². The highest BCUT2D eigenvalue weighted by Crippen LogP contribution is 2.12. The van der Waals surface area contributed by atoms with Gasteiger partial charge in [0.2, 0.25) is 5.91 Å². The number of amides is 1. The molecule has 0 aliphatic rings. The van der Waals surface area contributed by atoms with Crippen molar-refractivity contribution < 1.29 is 14.7 Å². The summed E-state index contributed by atoms with van der Waals surface area (Å²) < 4.78 is 0. The molecule has 16 heavy (non-hydrogen) atoms. The minimum absolute atomic E-state index is 0.0369. The number of carboxylic acid groups (broad SMARTS) is 1. The van der Waals surface area contributed by atoms with E-state index in [4.69, 9.17) is 5.11 Å². The fourth-order valence-corrected chi connectivity index (χ4v) is 1.75. The van der Waals surface area contributed by atoms with Gasteiger partial charge in [-0.15, -0.1) is 0 Å². The lowest BCUT2D eigenvalue weighted by Gasteiger charge is -2.21. The third kappa shape index (κ3) is 6.43. The molecule has 94 valence electrons. The molecule has 0 bridgehead atoms. The van der Waals surface area contributed by atoms with E-state index in [0.29, 0.717) is 18.9 Å². The molecule has 0 fully saturated rings. The van der Waals surface area contributed by atoms with Crippen LogP contribution in [0, 0.1) is 5.92 Å². The first-order valence-electron chi connectivity index (χ1n) is 6.00. The molecule has 1 unspecified atom stereocenters. The van der Waals surface area contributed by atoms with E-state index in [0.717, 1.165) is 19.3 Å². The van der Waals surface area contributed by atoms with Gasteiger partial charge in [0.1, 0.15) is 6.54 Å². The number of hydrogen-bond donors (Lipinski definition) is 1. The fourth-order valence-electron chi connectivity index (χ4n) is 1.75. The Hall–Kier alpha value is -1.06. The van der Waals surface area contributed by atoms with Crippen LogP contribution in [0.2, 0.25) is 0 Å². The van der Waals surface area contributed by atoms with Gasteiger partial charge in [-0.2, -0.15) is 0 Å². The zero-order valence-corrected chi connectivity index (χ0v) is 10.5. The largest absolute Gasteiger partial charge is 0.480 e. The summed E-state index contributed by atoms with van der Waals surface area (Å²) in [5, 5.41) is 8.70. The van der Waals surface area contributed by atoms with Crippen LogP contribution in [0.25, 0.3) is 0 Å². The van der Waals surface area contributed by atoms with E-state index in [2.05, 4.69) is 6.92 Å². The van der Waals surface area contributed by atoms with E-state index in [1.54, 1.807) is 0 Å². The molecule has 0 aliphatic heterocycles. The number of carboxylic acids is 1. The molecule has 0 saturated heterocycles. The zero-order valence-electron chi connectivity index (χ0n) is 10.5. The third-order valence-corrected chi connectivity index (χ3v) is 2.48. The highest BCUT2D eigenvalue weighted by atomic mass is 16.4. The second-order valence-corrected chi connectivity index (χ2v) is 4.31. The van der Waals surface area contributed by atoms with Crippen molar-refractivity contribution in [1.82, 2.24) is 4.90 Å². The first-order valence-corrected chi connectivity index (χ1v) is 6.00. The normalized spacial score (nSPS) is 12.2. The Labute approximate surface area is 97.6 Å². The van der Waals surface area contributed by atoms with E-state index in [9.17, 15) is 9.59 Å². The molecule has 1 atom stereocenters. The van der Waals surface area contributed by atoms with Crippen molar-refractivity contribution in [2.45, 2.75) is 46.5 Å². The highest BCUT2D eigenvalue weighted by Gasteiger charge is 2.17. The van der Waals surface area contributed by atoms with E-state index < -0.39 is 5.97 Å². The van der Waals surface area contributed by atoms with E-state index in [1.807, 2.05) is 13.8 Å². The smallest absolute Gasteiger partial charge is 0.323 e. The van der Waals surface area contributed by atoms with Crippen molar-refractivity contribution in [3.05, 3.63) is 0 Å². The molecule has 0 aromatic heterocycles. The Bertz CT molecular complexity index is 228. The Kier molecular flexibility index (Phi) is 7.60. The van der Waals surface area contributed by atoms with Gasteiger partial charge in [-0.05, 0) is 12.3 Å². The van der Waals surface area contributed by atoms with Gasteiger partial charge in [0, 0.05) is 13.0 Å². The minimum atomic E-state index is -0.940. The first kappa shape index (κ1) is 14.9. The van der Waals surface area contributed by atoms with Crippen molar-refractivity contribution in [1.29, 1.82) is 0 Å².